The van der Waals surface area contributed by atoms with E-state index in [9.17, 15) is 0 Å². The van der Waals surface area contributed by atoms with Gasteiger partial charge in [0, 0.05) is 30.7 Å². The maximum Gasteiger partial charge on any atom is 0.0354 e. The smallest absolute Gasteiger partial charge is 0.0354 e. The summed E-state index contributed by atoms with van der Waals surface area (Å²) in [7, 11) is 0. The van der Waals surface area contributed by atoms with Crippen LogP contribution in [-0.4, -0.2) is 19.1 Å². The highest BCUT2D eigenvalue weighted by atomic mass is 15.0. The average molecular weight is 248 g/mol. The quantitative estimate of drug-likeness (QED) is 0.612. The summed E-state index contributed by atoms with van der Waals surface area (Å²) < 4.78 is 0. The van der Waals surface area contributed by atoms with Gasteiger partial charge in [-0.2, -0.15) is 0 Å². The molecule has 0 spiro atoms. The van der Waals surface area contributed by atoms with Crippen molar-refractivity contribution in [1.82, 2.24) is 10.6 Å². The van der Waals surface area contributed by atoms with Gasteiger partial charge in [-0.05, 0) is 26.2 Å². The van der Waals surface area contributed by atoms with E-state index in [0.29, 0.717) is 6.04 Å². The summed E-state index contributed by atoms with van der Waals surface area (Å²) in [6.07, 6.45) is 6.48. The topological polar surface area (TPSA) is 24.1 Å². The van der Waals surface area contributed by atoms with Crippen LogP contribution in [0.2, 0.25) is 0 Å². The van der Waals surface area contributed by atoms with Crippen LogP contribution in [0.5, 0.6) is 0 Å². The molecule has 102 valence electrons. The minimum Gasteiger partial charge on any atom is -0.385 e. The molecule has 0 bridgehead atoms. The van der Waals surface area contributed by atoms with Crippen molar-refractivity contribution < 1.29 is 0 Å². The SMILES string of the molecule is C=C/C=C(/C)CNCC(C)NC(=C)C1CC1CC. The van der Waals surface area contributed by atoms with Crippen LogP contribution in [-0.2, 0) is 0 Å². The van der Waals surface area contributed by atoms with Gasteiger partial charge in [0.15, 0.2) is 0 Å². The number of allylic oxidation sites excluding steroid dienone is 3. The zero-order valence-electron chi connectivity index (χ0n) is 12.1. The minimum absolute atomic E-state index is 0.437. The molecule has 0 radical (unpaired) electrons. The Morgan fingerprint density at radius 2 is 2.22 bits per heavy atom. The monoisotopic (exact) mass is 248 g/mol. The van der Waals surface area contributed by atoms with Crippen molar-refractivity contribution in [1.29, 1.82) is 0 Å². The summed E-state index contributed by atoms with van der Waals surface area (Å²) in [5.41, 5.74) is 2.54. The maximum atomic E-state index is 4.16. The zero-order chi connectivity index (χ0) is 13.5. The van der Waals surface area contributed by atoms with Gasteiger partial charge in [-0.15, -0.1) is 0 Å². The van der Waals surface area contributed by atoms with Crippen LogP contribution in [0.15, 0.2) is 36.6 Å². The molecule has 0 heterocycles. The fourth-order valence-electron chi connectivity index (χ4n) is 2.35. The van der Waals surface area contributed by atoms with Gasteiger partial charge in [-0.1, -0.05) is 44.2 Å². The molecule has 1 fully saturated rings. The highest BCUT2D eigenvalue weighted by Gasteiger charge is 2.37. The molecule has 1 aliphatic carbocycles. The lowest BCUT2D eigenvalue weighted by Crippen LogP contribution is -2.36. The maximum absolute atomic E-state index is 4.16. The Hall–Kier alpha value is -1.02. The Morgan fingerprint density at radius 3 is 2.78 bits per heavy atom. The van der Waals surface area contributed by atoms with E-state index in [2.05, 4.69) is 44.6 Å². The molecular weight excluding hydrogens is 220 g/mol. The fourth-order valence-corrected chi connectivity index (χ4v) is 2.35. The molecule has 3 atom stereocenters. The van der Waals surface area contributed by atoms with Gasteiger partial charge < -0.3 is 10.6 Å². The third kappa shape index (κ3) is 5.09. The second-order valence-electron chi connectivity index (χ2n) is 5.46. The van der Waals surface area contributed by atoms with Crippen LogP contribution in [0, 0.1) is 11.8 Å². The first-order chi connectivity index (χ1) is 8.58. The standard InChI is InChI=1S/C16H28N2/c1-6-8-12(3)10-17-11-13(4)18-14(5)16-9-15(16)7-2/h6,8,13,15-18H,1,5,7,9-11H2,2-4H3/b12-8-. The van der Waals surface area contributed by atoms with E-state index in [-0.39, 0.29) is 0 Å². The van der Waals surface area contributed by atoms with Crippen molar-refractivity contribution in [2.45, 2.75) is 39.7 Å². The van der Waals surface area contributed by atoms with E-state index in [1.165, 1.54) is 24.1 Å². The molecule has 1 aliphatic rings. The number of rotatable bonds is 9. The van der Waals surface area contributed by atoms with Crippen LogP contribution < -0.4 is 10.6 Å². The lowest BCUT2D eigenvalue weighted by atomic mass is 10.2. The molecule has 1 saturated carbocycles. The van der Waals surface area contributed by atoms with Gasteiger partial charge >= 0.3 is 0 Å². The lowest BCUT2D eigenvalue weighted by Gasteiger charge is -2.18. The van der Waals surface area contributed by atoms with Crippen LogP contribution in [0.25, 0.3) is 0 Å². The summed E-state index contributed by atoms with van der Waals surface area (Å²) in [6, 6.07) is 0.437. The second kappa shape index (κ2) is 7.42. The molecule has 18 heavy (non-hydrogen) atoms. The Kier molecular flexibility index (Phi) is 6.20. The summed E-state index contributed by atoms with van der Waals surface area (Å²) in [6.45, 7) is 16.3. The fraction of sp³-hybridized carbons (Fsp3) is 0.625. The van der Waals surface area contributed by atoms with Crippen molar-refractivity contribution in [2.75, 3.05) is 13.1 Å². The summed E-state index contributed by atoms with van der Waals surface area (Å²) >= 11 is 0. The first-order valence-electron chi connectivity index (χ1n) is 7.02. The first-order valence-corrected chi connectivity index (χ1v) is 7.02. The zero-order valence-corrected chi connectivity index (χ0v) is 12.1. The molecule has 3 unspecified atom stereocenters. The molecule has 2 nitrogen and oxygen atoms in total. The van der Waals surface area contributed by atoms with Gasteiger partial charge in [0.05, 0.1) is 0 Å². The molecule has 0 amide bonds. The van der Waals surface area contributed by atoms with Crippen molar-refractivity contribution in [3.63, 3.8) is 0 Å². The van der Waals surface area contributed by atoms with Crippen LogP contribution in [0.3, 0.4) is 0 Å². The number of hydrogen-bond acceptors (Lipinski definition) is 2. The third-order valence-electron chi connectivity index (χ3n) is 3.58. The summed E-state index contributed by atoms with van der Waals surface area (Å²) in [5.74, 6) is 1.60. The molecule has 0 aromatic carbocycles. The molecule has 0 saturated heterocycles. The Morgan fingerprint density at radius 1 is 1.50 bits per heavy atom. The first kappa shape index (κ1) is 15.0. The van der Waals surface area contributed by atoms with Gasteiger partial charge in [0.1, 0.15) is 0 Å². The predicted molar refractivity (Wildman–Crippen MR) is 80.4 cm³/mol. The summed E-state index contributed by atoms with van der Waals surface area (Å²) in [4.78, 5) is 0. The molecule has 0 aromatic rings. The van der Waals surface area contributed by atoms with E-state index in [4.69, 9.17) is 0 Å². The largest absolute Gasteiger partial charge is 0.385 e. The highest BCUT2D eigenvalue weighted by molar-refractivity contribution is 5.11. The van der Waals surface area contributed by atoms with Crippen molar-refractivity contribution in [2.24, 2.45) is 11.8 Å². The van der Waals surface area contributed by atoms with Gasteiger partial charge in [-0.3, -0.25) is 0 Å². The van der Waals surface area contributed by atoms with E-state index < -0.39 is 0 Å². The molecule has 0 aliphatic heterocycles. The van der Waals surface area contributed by atoms with Crippen LogP contribution >= 0.6 is 0 Å². The molecule has 0 aromatic heterocycles. The number of hydrogen-bond donors (Lipinski definition) is 2. The third-order valence-corrected chi connectivity index (χ3v) is 3.58. The van der Waals surface area contributed by atoms with Gasteiger partial charge in [-0.25, -0.2) is 0 Å². The Labute approximate surface area is 112 Å². The second-order valence-corrected chi connectivity index (χ2v) is 5.46. The number of nitrogens with one attached hydrogen (secondary N) is 2. The summed E-state index contributed by atoms with van der Waals surface area (Å²) in [5, 5.41) is 6.96. The van der Waals surface area contributed by atoms with Crippen molar-refractivity contribution in [3.8, 4) is 0 Å². The van der Waals surface area contributed by atoms with Crippen LogP contribution in [0.1, 0.15) is 33.6 Å². The van der Waals surface area contributed by atoms with E-state index in [1.54, 1.807) is 0 Å². The van der Waals surface area contributed by atoms with E-state index >= 15 is 0 Å². The van der Waals surface area contributed by atoms with Crippen LogP contribution in [0.4, 0.5) is 0 Å². The Balaban J connectivity index is 2.14. The molecule has 2 heteroatoms. The minimum atomic E-state index is 0.437. The Bertz CT molecular complexity index is 317. The molecular formula is C16H28N2. The van der Waals surface area contributed by atoms with Gasteiger partial charge in [0.25, 0.3) is 0 Å². The average Bonchev–Trinajstić information content (AvgIpc) is 3.08. The van der Waals surface area contributed by atoms with Gasteiger partial charge in [0.2, 0.25) is 0 Å². The molecule has 1 rings (SSSR count). The molecule has 2 N–H and O–H groups in total. The van der Waals surface area contributed by atoms with Crippen molar-refractivity contribution >= 4 is 0 Å². The normalized spacial score (nSPS) is 24.5. The lowest BCUT2D eigenvalue weighted by molar-refractivity contribution is 0.537. The van der Waals surface area contributed by atoms with E-state index in [1.807, 2.05) is 12.2 Å². The van der Waals surface area contributed by atoms with Crippen molar-refractivity contribution in [3.05, 3.63) is 36.6 Å². The predicted octanol–water partition coefficient (Wildman–Crippen LogP) is 3.25. The van der Waals surface area contributed by atoms with E-state index in [0.717, 1.165) is 24.9 Å². The highest BCUT2D eigenvalue weighted by Crippen LogP contribution is 2.44.